The Bertz CT molecular complexity index is 1640. The van der Waals surface area contributed by atoms with Crippen LogP contribution in [0, 0.1) is 12.8 Å². The number of nitrogens with one attached hydrogen (secondary N) is 1. The van der Waals surface area contributed by atoms with Crippen LogP contribution < -0.4 is 10.2 Å². The zero-order chi connectivity index (χ0) is 34.5. The van der Waals surface area contributed by atoms with Crippen LogP contribution in [-0.2, 0) is 31.4 Å². The second-order valence-corrected chi connectivity index (χ2v) is 15.3. The molecule has 1 fully saturated rings. The number of nitrogens with zero attached hydrogens (tertiary/aromatic N) is 2. The molecule has 1 aliphatic rings. The summed E-state index contributed by atoms with van der Waals surface area (Å²) in [6.07, 6.45) is -2.27. The number of aliphatic hydroxyl groups is 1. The Morgan fingerprint density at radius 3 is 2.34 bits per heavy atom. The summed E-state index contributed by atoms with van der Waals surface area (Å²) >= 11 is 0. The fourth-order valence-corrected chi connectivity index (χ4v) is 7.08. The van der Waals surface area contributed by atoms with Crippen molar-refractivity contribution in [1.82, 2.24) is 9.62 Å². The molecule has 3 N–H and O–H groups in total. The van der Waals surface area contributed by atoms with Gasteiger partial charge in [0.1, 0.15) is 5.75 Å². The zero-order valence-electron chi connectivity index (χ0n) is 28.0. The number of hydrogen-bond acceptors (Lipinski definition) is 7. The number of rotatable bonds is 14. The first-order valence-electron chi connectivity index (χ1n) is 16.0. The van der Waals surface area contributed by atoms with E-state index in [0.29, 0.717) is 0 Å². The Balaban J connectivity index is 1.57. The zero-order valence-corrected chi connectivity index (χ0v) is 28.8. The molecule has 11 heteroatoms. The minimum Gasteiger partial charge on any atom is -0.506 e. The van der Waals surface area contributed by atoms with Gasteiger partial charge in [-0.25, -0.2) is 13.2 Å². The van der Waals surface area contributed by atoms with Crippen molar-refractivity contribution in [2.24, 2.45) is 5.92 Å². The molecule has 0 spiro atoms. The molecule has 0 radical (unpaired) electrons. The summed E-state index contributed by atoms with van der Waals surface area (Å²) in [5.41, 5.74) is 2.70. The first-order valence-corrected chi connectivity index (χ1v) is 17.5. The van der Waals surface area contributed by atoms with Gasteiger partial charge in [-0.05, 0) is 66.5 Å². The van der Waals surface area contributed by atoms with Gasteiger partial charge in [-0.3, -0.25) is 9.69 Å². The van der Waals surface area contributed by atoms with E-state index in [1.54, 1.807) is 30.3 Å². The van der Waals surface area contributed by atoms with Crippen molar-refractivity contribution in [3.05, 3.63) is 89.5 Å². The van der Waals surface area contributed by atoms with Crippen molar-refractivity contribution in [2.75, 3.05) is 24.5 Å². The average Bonchev–Trinajstić information content (AvgIpc) is 3.42. The third-order valence-corrected chi connectivity index (χ3v) is 10.6. The van der Waals surface area contributed by atoms with Crippen molar-refractivity contribution in [3.8, 4) is 5.75 Å². The van der Waals surface area contributed by atoms with Crippen LogP contribution in [0.3, 0.4) is 0 Å². The van der Waals surface area contributed by atoms with Crippen molar-refractivity contribution in [3.63, 3.8) is 0 Å². The van der Waals surface area contributed by atoms with Crippen LogP contribution in [0.1, 0.15) is 57.7 Å². The number of hydrogen-bond donors (Lipinski definition) is 3. The number of carbonyl (C=O) groups is 2. The molecule has 3 aromatic rings. The van der Waals surface area contributed by atoms with Crippen molar-refractivity contribution >= 4 is 27.7 Å². The normalized spacial score (nSPS) is 16.7. The van der Waals surface area contributed by atoms with E-state index >= 15 is 0 Å². The number of benzene rings is 3. The second kappa shape index (κ2) is 14.9. The summed E-state index contributed by atoms with van der Waals surface area (Å²) in [4.78, 5) is 28.0. The van der Waals surface area contributed by atoms with Gasteiger partial charge in [-0.1, -0.05) is 88.7 Å². The van der Waals surface area contributed by atoms with Crippen molar-refractivity contribution in [2.45, 2.75) is 82.9 Å². The van der Waals surface area contributed by atoms with Gasteiger partial charge in [0.15, 0.2) is 6.10 Å². The molecule has 0 unspecified atom stereocenters. The molecule has 10 nitrogen and oxygen atoms in total. The molecular weight excluding hydrogens is 618 g/mol. The molecule has 2 amide bonds. The van der Waals surface area contributed by atoms with Crippen molar-refractivity contribution < 1.29 is 33.0 Å². The van der Waals surface area contributed by atoms with Gasteiger partial charge in [0.05, 0.1) is 29.3 Å². The highest BCUT2D eigenvalue weighted by Gasteiger charge is 2.40. The topological polar surface area (TPSA) is 136 Å². The fourth-order valence-electron chi connectivity index (χ4n) is 5.46. The highest BCUT2D eigenvalue weighted by molar-refractivity contribution is 7.89. The number of sulfonamides is 1. The van der Waals surface area contributed by atoms with E-state index in [1.165, 1.54) is 15.3 Å². The van der Waals surface area contributed by atoms with Gasteiger partial charge >= 0.3 is 6.09 Å². The summed E-state index contributed by atoms with van der Waals surface area (Å²) in [5.74, 6) is -0.787. The molecule has 1 saturated heterocycles. The third-order valence-electron chi connectivity index (χ3n) is 8.74. The maximum atomic E-state index is 13.7. The maximum absolute atomic E-state index is 13.7. The molecule has 1 aliphatic heterocycles. The lowest BCUT2D eigenvalue weighted by Gasteiger charge is -2.31. The van der Waals surface area contributed by atoms with Gasteiger partial charge in [-0.15, -0.1) is 0 Å². The number of carbonyl (C=O) groups excluding carboxylic acids is 2. The van der Waals surface area contributed by atoms with E-state index < -0.39 is 40.3 Å². The number of phenols is 1. The smallest absolute Gasteiger partial charge is 0.415 e. The molecule has 0 aliphatic carbocycles. The predicted molar refractivity (Wildman–Crippen MR) is 182 cm³/mol. The number of cyclic esters (lactones) is 1. The number of ether oxygens (including phenoxy) is 1. The lowest BCUT2D eigenvalue weighted by atomic mass is 9.82. The van der Waals surface area contributed by atoms with E-state index in [-0.39, 0.29) is 53.7 Å². The molecule has 0 saturated carbocycles. The summed E-state index contributed by atoms with van der Waals surface area (Å²) in [5, 5.41) is 25.0. The van der Waals surface area contributed by atoms with Crippen LogP contribution >= 0.6 is 0 Å². The Labute approximate surface area is 278 Å². The summed E-state index contributed by atoms with van der Waals surface area (Å²) in [6.45, 7) is 11.6. The van der Waals surface area contributed by atoms with Gasteiger partial charge in [-0.2, -0.15) is 4.31 Å². The second-order valence-electron chi connectivity index (χ2n) is 13.3. The number of aryl methyl sites for hydroxylation is 1. The average molecular weight is 666 g/mol. The molecule has 3 aromatic carbocycles. The van der Waals surface area contributed by atoms with Gasteiger partial charge in [0, 0.05) is 13.1 Å². The number of amides is 2. The van der Waals surface area contributed by atoms with E-state index in [2.05, 4.69) is 26.1 Å². The van der Waals surface area contributed by atoms with Gasteiger partial charge in [0.2, 0.25) is 10.0 Å². The predicted octanol–water partition coefficient (Wildman–Crippen LogP) is 5.15. The molecule has 47 heavy (non-hydrogen) atoms. The first-order chi connectivity index (χ1) is 22.1. The van der Waals surface area contributed by atoms with Crippen LogP contribution in [-0.4, -0.2) is 72.8 Å². The van der Waals surface area contributed by atoms with Crippen LogP contribution in [0.15, 0.2) is 77.7 Å². The quantitative estimate of drug-likeness (QED) is 0.217. The Morgan fingerprint density at radius 2 is 1.72 bits per heavy atom. The Hall–Kier alpha value is -3.93. The number of anilines is 1. The van der Waals surface area contributed by atoms with Crippen LogP contribution in [0.4, 0.5) is 10.5 Å². The minimum atomic E-state index is -3.96. The first kappa shape index (κ1) is 35.9. The third kappa shape index (κ3) is 8.71. The molecule has 0 aromatic heterocycles. The molecule has 0 bridgehead atoms. The molecule has 4 rings (SSSR count). The summed E-state index contributed by atoms with van der Waals surface area (Å²) in [6, 6.07) is 19.9. The Kier molecular flexibility index (Phi) is 11.4. The fraction of sp³-hybridized carbons (Fsp3) is 0.444. The highest BCUT2D eigenvalue weighted by Crippen LogP contribution is 2.36. The van der Waals surface area contributed by atoms with Crippen molar-refractivity contribution in [1.29, 1.82) is 0 Å². The lowest BCUT2D eigenvalue weighted by molar-refractivity contribution is -0.129. The molecular formula is C36H47N3O7S. The van der Waals surface area contributed by atoms with Crippen LogP contribution in [0.5, 0.6) is 5.75 Å². The largest absolute Gasteiger partial charge is 0.506 e. The van der Waals surface area contributed by atoms with Crippen LogP contribution in [0.2, 0.25) is 0 Å². The van der Waals surface area contributed by atoms with Gasteiger partial charge < -0.3 is 20.3 Å². The van der Waals surface area contributed by atoms with E-state index in [4.69, 9.17) is 4.74 Å². The molecule has 254 valence electrons. The van der Waals surface area contributed by atoms with E-state index in [0.717, 1.165) is 23.1 Å². The van der Waals surface area contributed by atoms with E-state index in [1.807, 2.05) is 57.2 Å². The monoisotopic (exact) mass is 665 g/mol. The van der Waals surface area contributed by atoms with Gasteiger partial charge in [0.25, 0.3) is 5.91 Å². The minimum absolute atomic E-state index is 0.0358. The van der Waals surface area contributed by atoms with Crippen LogP contribution in [0.25, 0.3) is 0 Å². The molecule has 3 atom stereocenters. The van der Waals surface area contributed by atoms with E-state index in [9.17, 15) is 28.2 Å². The molecule has 1 heterocycles. The summed E-state index contributed by atoms with van der Waals surface area (Å²) in [7, 11) is -3.96. The maximum Gasteiger partial charge on any atom is 0.415 e. The number of phenolic OH excluding ortho intramolecular Hbond substituents is 1. The Morgan fingerprint density at radius 1 is 1.06 bits per heavy atom. The highest BCUT2D eigenvalue weighted by atomic mass is 32.2. The SMILES string of the molecule is CCC(C)(C)c1ccc(O)c(N2C[C@@H](C(=O)N[C@@H](Cc3ccccc3)[C@H](O)CN(CC(C)C)S(=O)(=O)c3ccc(C)cc3)OC2=O)c1. The summed E-state index contributed by atoms with van der Waals surface area (Å²) < 4.78 is 34.1. The number of aromatic hydroxyl groups is 1. The number of aliphatic hydroxyl groups excluding tert-OH is 1. The lowest BCUT2D eigenvalue weighted by Crippen LogP contribution is -2.53. The standard InChI is InChI=1S/C36H47N3O7S/c1-7-36(5,6)27-15-18-31(40)30(20-27)39-23-33(46-35(39)43)34(42)37-29(19-26-11-9-8-10-12-26)32(41)22-38(21-24(2)3)47(44,45)28-16-13-25(4)14-17-28/h8-18,20,24,29,32-33,40-41H,7,19,21-23H2,1-6H3,(H,37,42)/t29-,32+,33-/m0/s1.